The first kappa shape index (κ1) is 12.7. The molecule has 0 spiro atoms. The van der Waals surface area contributed by atoms with E-state index in [1.54, 1.807) is 0 Å². The molecule has 102 valence electrons. The molecule has 0 unspecified atom stereocenters. The van der Waals surface area contributed by atoms with E-state index < -0.39 is 0 Å². The molecule has 0 saturated heterocycles. The monoisotopic (exact) mass is 258 g/mol. The van der Waals surface area contributed by atoms with Crippen LogP contribution in [0.5, 0.6) is 5.75 Å². The number of Topliss-reactive ketones (excluding diaryl/α,β-unsaturated/α-hetero) is 1. The summed E-state index contributed by atoms with van der Waals surface area (Å²) in [5, 5.41) is 0. The second-order valence-electron chi connectivity index (χ2n) is 6.15. The normalized spacial score (nSPS) is 18.7. The maximum Gasteiger partial charge on any atom is 0.165 e. The van der Waals surface area contributed by atoms with Crippen LogP contribution in [-0.2, 0) is 6.42 Å². The number of ketones is 1. The molecule has 1 aliphatic carbocycles. The number of carbonyl (C=O) groups is 1. The Bertz CT molecular complexity index is 498. The lowest BCUT2D eigenvalue weighted by Crippen LogP contribution is -2.07. The Labute approximate surface area is 115 Å². The summed E-state index contributed by atoms with van der Waals surface area (Å²) in [6.07, 6.45) is 5.46. The van der Waals surface area contributed by atoms with Gasteiger partial charge >= 0.3 is 0 Å². The molecule has 0 aromatic heterocycles. The van der Waals surface area contributed by atoms with Crippen molar-refractivity contribution in [3.8, 4) is 5.75 Å². The fraction of sp³-hybridized carbons (Fsp3) is 0.588. The van der Waals surface area contributed by atoms with Crippen LogP contribution in [0.25, 0.3) is 0 Å². The van der Waals surface area contributed by atoms with Gasteiger partial charge in [-0.3, -0.25) is 4.79 Å². The van der Waals surface area contributed by atoms with E-state index in [9.17, 15) is 4.79 Å². The van der Waals surface area contributed by atoms with Gasteiger partial charge in [-0.15, -0.1) is 0 Å². The molecule has 1 aliphatic heterocycles. The van der Waals surface area contributed by atoms with Crippen molar-refractivity contribution in [1.29, 1.82) is 0 Å². The van der Waals surface area contributed by atoms with E-state index in [-0.39, 0.29) is 0 Å². The van der Waals surface area contributed by atoms with Crippen LogP contribution < -0.4 is 4.74 Å². The summed E-state index contributed by atoms with van der Waals surface area (Å²) < 4.78 is 5.94. The first-order chi connectivity index (χ1) is 9.16. The molecule has 1 aromatic rings. The smallest absolute Gasteiger partial charge is 0.165 e. The highest BCUT2D eigenvalue weighted by Gasteiger charge is 2.31. The Kier molecular flexibility index (Phi) is 3.34. The fourth-order valence-corrected chi connectivity index (χ4v) is 2.82. The van der Waals surface area contributed by atoms with Crippen LogP contribution in [0.4, 0.5) is 0 Å². The standard InChI is InChI=1S/C17H22O2/c1-11(2)15-10-14(16(18)12-6-7-12)9-13-5-3-4-8-19-17(13)15/h9-12H,3-8H2,1-2H3. The fourth-order valence-electron chi connectivity index (χ4n) is 2.82. The minimum Gasteiger partial charge on any atom is -0.493 e. The molecule has 3 rings (SSSR count). The summed E-state index contributed by atoms with van der Waals surface area (Å²) in [6.45, 7) is 5.16. The zero-order valence-electron chi connectivity index (χ0n) is 11.9. The quantitative estimate of drug-likeness (QED) is 0.762. The van der Waals surface area contributed by atoms with E-state index in [0.717, 1.165) is 50.0 Å². The van der Waals surface area contributed by atoms with Crippen molar-refractivity contribution >= 4 is 5.78 Å². The predicted molar refractivity (Wildman–Crippen MR) is 76.0 cm³/mol. The molecule has 0 atom stereocenters. The van der Waals surface area contributed by atoms with E-state index in [1.165, 1.54) is 11.1 Å². The molecule has 1 heterocycles. The summed E-state index contributed by atoms with van der Waals surface area (Å²) in [4.78, 5) is 12.3. The van der Waals surface area contributed by atoms with E-state index in [4.69, 9.17) is 4.74 Å². The van der Waals surface area contributed by atoms with Crippen molar-refractivity contribution < 1.29 is 9.53 Å². The third kappa shape index (κ3) is 2.54. The Morgan fingerprint density at radius 1 is 1.26 bits per heavy atom. The molecular weight excluding hydrogens is 236 g/mol. The number of ether oxygens (including phenoxy) is 1. The number of hydrogen-bond acceptors (Lipinski definition) is 2. The van der Waals surface area contributed by atoms with Crippen molar-refractivity contribution in [2.24, 2.45) is 5.92 Å². The summed E-state index contributed by atoms with van der Waals surface area (Å²) in [5.41, 5.74) is 3.37. The average molecular weight is 258 g/mol. The van der Waals surface area contributed by atoms with Crippen LogP contribution in [0, 0.1) is 5.92 Å². The number of hydrogen-bond donors (Lipinski definition) is 0. The Morgan fingerprint density at radius 2 is 2.05 bits per heavy atom. The van der Waals surface area contributed by atoms with Crippen molar-refractivity contribution in [3.05, 3.63) is 28.8 Å². The largest absolute Gasteiger partial charge is 0.493 e. The maximum atomic E-state index is 12.3. The molecule has 2 heteroatoms. The van der Waals surface area contributed by atoms with Gasteiger partial charge in [0.1, 0.15) is 5.75 Å². The molecule has 1 aromatic carbocycles. The number of aryl methyl sites for hydroxylation is 1. The number of rotatable bonds is 3. The van der Waals surface area contributed by atoms with Gasteiger partial charge in [-0.25, -0.2) is 0 Å². The number of fused-ring (bicyclic) bond motifs is 1. The molecule has 0 N–H and O–H groups in total. The lowest BCUT2D eigenvalue weighted by Gasteiger charge is -2.17. The van der Waals surface area contributed by atoms with Gasteiger partial charge in [0.25, 0.3) is 0 Å². The van der Waals surface area contributed by atoms with E-state index in [2.05, 4.69) is 26.0 Å². The highest BCUT2D eigenvalue weighted by molar-refractivity contribution is 5.99. The van der Waals surface area contributed by atoms with Gasteiger partial charge in [0.15, 0.2) is 5.78 Å². The zero-order valence-corrected chi connectivity index (χ0v) is 11.9. The van der Waals surface area contributed by atoms with E-state index in [1.807, 2.05) is 0 Å². The minimum atomic E-state index is 0.296. The number of carbonyl (C=O) groups excluding carboxylic acids is 1. The third-order valence-electron chi connectivity index (χ3n) is 4.14. The molecular formula is C17H22O2. The molecule has 19 heavy (non-hydrogen) atoms. The van der Waals surface area contributed by atoms with Crippen LogP contribution in [0.2, 0.25) is 0 Å². The van der Waals surface area contributed by atoms with Crippen LogP contribution in [0.3, 0.4) is 0 Å². The van der Waals surface area contributed by atoms with Crippen LogP contribution in [0.15, 0.2) is 12.1 Å². The van der Waals surface area contributed by atoms with Gasteiger partial charge < -0.3 is 4.74 Å². The highest BCUT2D eigenvalue weighted by atomic mass is 16.5. The minimum absolute atomic E-state index is 0.296. The van der Waals surface area contributed by atoms with Gasteiger partial charge in [0.2, 0.25) is 0 Å². The predicted octanol–water partition coefficient (Wildman–Crippen LogP) is 4.12. The summed E-state index contributed by atoms with van der Waals surface area (Å²) >= 11 is 0. The van der Waals surface area contributed by atoms with Gasteiger partial charge in [-0.2, -0.15) is 0 Å². The van der Waals surface area contributed by atoms with Crippen LogP contribution >= 0.6 is 0 Å². The lowest BCUT2D eigenvalue weighted by molar-refractivity contribution is 0.0967. The molecule has 0 bridgehead atoms. The molecule has 0 radical (unpaired) electrons. The van der Waals surface area contributed by atoms with Crippen molar-refractivity contribution in [2.45, 2.75) is 51.9 Å². The Hall–Kier alpha value is -1.31. The van der Waals surface area contributed by atoms with Crippen molar-refractivity contribution in [1.82, 2.24) is 0 Å². The summed E-state index contributed by atoms with van der Waals surface area (Å²) in [7, 11) is 0. The van der Waals surface area contributed by atoms with E-state index in [0.29, 0.717) is 17.6 Å². The SMILES string of the molecule is CC(C)c1cc(C(=O)C2CC2)cc2c1OCCCC2. The first-order valence-corrected chi connectivity index (χ1v) is 7.50. The van der Waals surface area contributed by atoms with Crippen LogP contribution in [-0.4, -0.2) is 12.4 Å². The number of benzene rings is 1. The van der Waals surface area contributed by atoms with Crippen molar-refractivity contribution in [3.63, 3.8) is 0 Å². The Morgan fingerprint density at radius 3 is 2.74 bits per heavy atom. The zero-order chi connectivity index (χ0) is 13.4. The summed E-state index contributed by atoms with van der Waals surface area (Å²) in [5.74, 6) is 2.09. The first-order valence-electron chi connectivity index (χ1n) is 7.50. The second kappa shape index (κ2) is 4.99. The molecule has 1 fully saturated rings. The third-order valence-corrected chi connectivity index (χ3v) is 4.14. The average Bonchev–Trinajstić information content (AvgIpc) is 3.22. The van der Waals surface area contributed by atoms with Gasteiger partial charge in [-0.1, -0.05) is 13.8 Å². The second-order valence-corrected chi connectivity index (χ2v) is 6.15. The molecule has 2 aliphatic rings. The maximum absolute atomic E-state index is 12.3. The van der Waals surface area contributed by atoms with Crippen LogP contribution in [0.1, 0.15) is 66.9 Å². The highest BCUT2D eigenvalue weighted by Crippen LogP contribution is 2.38. The van der Waals surface area contributed by atoms with Gasteiger partial charge in [0, 0.05) is 11.5 Å². The van der Waals surface area contributed by atoms with Gasteiger partial charge in [0.05, 0.1) is 6.61 Å². The molecule has 1 saturated carbocycles. The Balaban J connectivity index is 2.05. The summed E-state index contributed by atoms with van der Waals surface area (Å²) in [6, 6.07) is 4.17. The van der Waals surface area contributed by atoms with Gasteiger partial charge in [-0.05, 0) is 61.3 Å². The molecule has 2 nitrogen and oxygen atoms in total. The lowest BCUT2D eigenvalue weighted by atomic mass is 9.92. The topological polar surface area (TPSA) is 26.3 Å². The molecule has 0 amide bonds. The van der Waals surface area contributed by atoms with E-state index >= 15 is 0 Å². The van der Waals surface area contributed by atoms with Crippen molar-refractivity contribution in [2.75, 3.05) is 6.61 Å².